The zero-order valence-corrected chi connectivity index (χ0v) is 24.8. The lowest BCUT2D eigenvalue weighted by atomic mass is 10.2. The predicted molar refractivity (Wildman–Crippen MR) is 165 cm³/mol. The molecule has 1 amide bonds. The molecule has 8 heteroatoms. The van der Waals surface area contributed by atoms with E-state index in [0.717, 1.165) is 21.5 Å². The molecular formula is C34H34NO6P. The first-order valence-electron chi connectivity index (χ1n) is 13.6. The molecule has 0 radical (unpaired) electrons. The Morgan fingerprint density at radius 1 is 0.738 bits per heavy atom. The Kier molecular flexibility index (Phi) is 10.5. The fourth-order valence-corrected chi connectivity index (χ4v) is 6.48. The van der Waals surface area contributed by atoms with E-state index in [0.29, 0.717) is 5.75 Å². The number of nitrogens with one attached hydrogen (secondary N) is 1. The van der Waals surface area contributed by atoms with Crippen LogP contribution in [0, 0.1) is 0 Å². The highest BCUT2D eigenvalue weighted by molar-refractivity contribution is 7.80. The summed E-state index contributed by atoms with van der Waals surface area (Å²) >= 11 is 0. The molecule has 0 aliphatic carbocycles. The summed E-state index contributed by atoms with van der Waals surface area (Å²) in [6.45, 7) is 5.11. The molecule has 1 atom stereocenters. The van der Waals surface area contributed by atoms with Crippen LogP contribution >= 0.6 is 7.92 Å². The van der Waals surface area contributed by atoms with E-state index in [4.69, 9.17) is 14.2 Å². The molecule has 0 unspecified atom stereocenters. The maximum atomic E-state index is 13.3. The molecule has 0 aromatic heterocycles. The van der Waals surface area contributed by atoms with E-state index in [1.54, 1.807) is 32.9 Å². The lowest BCUT2D eigenvalue weighted by molar-refractivity contribution is -0.150. The number of carbonyl (C=O) groups is 3. The molecule has 1 N–H and O–H groups in total. The van der Waals surface area contributed by atoms with Crippen LogP contribution in [-0.2, 0) is 25.7 Å². The van der Waals surface area contributed by atoms with Gasteiger partial charge < -0.3 is 19.5 Å². The molecule has 4 rings (SSSR count). The number of hydrogen-bond donors (Lipinski definition) is 1. The van der Waals surface area contributed by atoms with Crippen LogP contribution in [0.3, 0.4) is 0 Å². The molecule has 0 fully saturated rings. The van der Waals surface area contributed by atoms with Crippen molar-refractivity contribution in [3.05, 3.63) is 121 Å². The van der Waals surface area contributed by atoms with Gasteiger partial charge in [-0.2, -0.15) is 0 Å². The van der Waals surface area contributed by atoms with Crippen molar-refractivity contribution in [2.45, 2.75) is 45.4 Å². The molecule has 42 heavy (non-hydrogen) atoms. The SMILES string of the molecule is CC(C)(C)OC(=O)N[C@@H](CC(=O)Oc1ccccc1P(c1ccccc1)c1ccccc1)C(=O)OCc1ccccc1. The van der Waals surface area contributed by atoms with Gasteiger partial charge in [0.2, 0.25) is 0 Å². The molecule has 0 bridgehead atoms. The van der Waals surface area contributed by atoms with Gasteiger partial charge in [0.1, 0.15) is 24.0 Å². The quantitative estimate of drug-likeness (QED) is 0.153. The number of rotatable bonds is 10. The monoisotopic (exact) mass is 583 g/mol. The van der Waals surface area contributed by atoms with Gasteiger partial charge in [-0.3, -0.25) is 4.79 Å². The van der Waals surface area contributed by atoms with Crippen molar-refractivity contribution in [2.24, 2.45) is 0 Å². The second-order valence-electron chi connectivity index (χ2n) is 10.4. The van der Waals surface area contributed by atoms with Gasteiger partial charge in [-0.1, -0.05) is 109 Å². The van der Waals surface area contributed by atoms with Gasteiger partial charge in [-0.25, -0.2) is 9.59 Å². The van der Waals surface area contributed by atoms with Crippen LogP contribution in [0.15, 0.2) is 115 Å². The molecular weight excluding hydrogens is 549 g/mol. The number of alkyl carbamates (subject to hydrolysis) is 1. The number of hydrogen-bond acceptors (Lipinski definition) is 6. The van der Waals surface area contributed by atoms with Crippen molar-refractivity contribution in [3.63, 3.8) is 0 Å². The molecule has 216 valence electrons. The van der Waals surface area contributed by atoms with Crippen molar-refractivity contribution >= 4 is 41.9 Å². The molecule has 0 aliphatic rings. The highest BCUT2D eigenvalue weighted by Crippen LogP contribution is 2.36. The minimum absolute atomic E-state index is 0.0114. The smallest absolute Gasteiger partial charge is 0.408 e. The Balaban J connectivity index is 1.55. The van der Waals surface area contributed by atoms with E-state index < -0.39 is 44.0 Å². The number of amides is 1. The maximum absolute atomic E-state index is 13.3. The van der Waals surface area contributed by atoms with Crippen molar-refractivity contribution in [1.29, 1.82) is 0 Å². The number of esters is 2. The Bertz CT molecular complexity index is 1430. The Morgan fingerprint density at radius 3 is 1.83 bits per heavy atom. The summed E-state index contributed by atoms with van der Waals surface area (Å²) in [5.41, 5.74) is -0.0257. The van der Waals surface area contributed by atoms with Crippen molar-refractivity contribution in [2.75, 3.05) is 0 Å². The minimum atomic E-state index is -1.31. The summed E-state index contributed by atoms with van der Waals surface area (Å²) in [5.74, 6) is -1.09. The normalized spacial score (nSPS) is 11.8. The summed E-state index contributed by atoms with van der Waals surface area (Å²) in [6, 6.07) is 35.3. The maximum Gasteiger partial charge on any atom is 0.408 e. The van der Waals surface area contributed by atoms with E-state index >= 15 is 0 Å². The Morgan fingerprint density at radius 2 is 1.26 bits per heavy atom. The van der Waals surface area contributed by atoms with E-state index in [1.165, 1.54) is 0 Å². The first-order chi connectivity index (χ1) is 20.2. The summed E-state index contributed by atoms with van der Waals surface area (Å²) in [6.07, 6.45) is -1.29. The fourth-order valence-electron chi connectivity index (χ4n) is 4.11. The molecule has 0 saturated heterocycles. The minimum Gasteiger partial charge on any atom is -0.459 e. The van der Waals surface area contributed by atoms with E-state index in [9.17, 15) is 14.4 Å². The van der Waals surface area contributed by atoms with Gasteiger partial charge in [-0.05, 0) is 50.9 Å². The Hall–Kier alpha value is -4.48. The van der Waals surface area contributed by atoms with Gasteiger partial charge in [0.15, 0.2) is 0 Å². The lowest BCUT2D eigenvalue weighted by Crippen LogP contribution is -2.45. The predicted octanol–water partition coefficient (Wildman–Crippen LogP) is 5.38. The van der Waals surface area contributed by atoms with Crippen molar-refractivity contribution in [1.82, 2.24) is 5.32 Å². The van der Waals surface area contributed by atoms with Crippen molar-refractivity contribution < 1.29 is 28.6 Å². The van der Waals surface area contributed by atoms with E-state index in [1.807, 2.05) is 78.9 Å². The molecule has 0 saturated carbocycles. The lowest BCUT2D eigenvalue weighted by Gasteiger charge is -2.23. The van der Waals surface area contributed by atoms with Crippen LogP contribution in [0.4, 0.5) is 4.79 Å². The fraction of sp³-hybridized carbons (Fsp3) is 0.206. The van der Waals surface area contributed by atoms with Gasteiger partial charge in [0, 0.05) is 5.30 Å². The molecule has 0 heterocycles. The van der Waals surface area contributed by atoms with Crippen LogP contribution in [0.5, 0.6) is 5.75 Å². The molecule has 7 nitrogen and oxygen atoms in total. The van der Waals surface area contributed by atoms with Crippen LogP contribution < -0.4 is 26.0 Å². The van der Waals surface area contributed by atoms with Gasteiger partial charge in [-0.15, -0.1) is 0 Å². The van der Waals surface area contributed by atoms with Gasteiger partial charge >= 0.3 is 18.0 Å². The third kappa shape index (κ3) is 9.02. The second kappa shape index (κ2) is 14.4. The largest absolute Gasteiger partial charge is 0.459 e. The van der Waals surface area contributed by atoms with E-state index in [2.05, 4.69) is 29.6 Å². The summed E-state index contributed by atoms with van der Waals surface area (Å²) < 4.78 is 16.6. The Labute approximate surface area is 247 Å². The zero-order chi connectivity index (χ0) is 30.0. The van der Waals surface area contributed by atoms with Gasteiger partial charge in [0.25, 0.3) is 0 Å². The van der Waals surface area contributed by atoms with Gasteiger partial charge in [0.05, 0.1) is 6.42 Å². The average Bonchev–Trinajstić information content (AvgIpc) is 2.97. The first kappa shape index (κ1) is 30.5. The first-order valence-corrected chi connectivity index (χ1v) is 14.9. The second-order valence-corrected chi connectivity index (χ2v) is 12.6. The molecule has 0 aliphatic heterocycles. The standard InChI is InChI=1S/C34H34NO6P/c1-34(2,3)41-33(38)35-28(32(37)39-24-25-15-7-4-8-16-25)23-31(36)40-29-21-13-14-22-30(29)42(26-17-9-5-10-18-26)27-19-11-6-12-20-27/h4-22,28H,23-24H2,1-3H3,(H,35,38)/t28-/m0/s1. The number of para-hydroxylation sites is 1. The van der Waals surface area contributed by atoms with Crippen LogP contribution in [0.25, 0.3) is 0 Å². The van der Waals surface area contributed by atoms with Crippen LogP contribution in [0.1, 0.15) is 32.8 Å². The summed E-state index contributed by atoms with van der Waals surface area (Å²) in [5, 5.41) is 5.52. The number of ether oxygens (including phenoxy) is 3. The third-order valence-corrected chi connectivity index (χ3v) is 8.41. The third-order valence-electron chi connectivity index (χ3n) is 5.93. The number of benzene rings is 4. The molecule has 4 aromatic rings. The van der Waals surface area contributed by atoms with Crippen molar-refractivity contribution in [3.8, 4) is 5.75 Å². The van der Waals surface area contributed by atoms with Crippen LogP contribution in [0.2, 0.25) is 0 Å². The summed E-state index contributed by atoms with van der Waals surface area (Å²) in [4.78, 5) is 38.9. The molecule has 0 spiro atoms. The van der Waals surface area contributed by atoms with Crippen LogP contribution in [-0.4, -0.2) is 29.7 Å². The average molecular weight is 584 g/mol. The highest BCUT2D eigenvalue weighted by atomic mass is 31.1. The molecule has 4 aromatic carbocycles. The highest BCUT2D eigenvalue weighted by Gasteiger charge is 2.30. The topological polar surface area (TPSA) is 90.9 Å². The zero-order valence-electron chi connectivity index (χ0n) is 23.9. The summed E-state index contributed by atoms with van der Waals surface area (Å²) in [7, 11) is -1.05. The number of carbonyl (C=O) groups excluding carboxylic acids is 3. The van der Waals surface area contributed by atoms with E-state index in [-0.39, 0.29) is 6.61 Å².